The summed E-state index contributed by atoms with van der Waals surface area (Å²) in [5.41, 5.74) is 0. The minimum absolute atomic E-state index is 0. The first-order valence-corrected chi connectivity index (χ1v) is 2.48. The fourth-order valence-corrected chi connectivity index (χ4v) is 0.141. The summed E-state index contributed by atoms with van der Waals surface area (Å²) in [7, 11) is -4.54. The van der Waals surface area contributed by atoms with E-state index in [0.717, 1.165) is 6.26 Å². The standard InChI is InChI=1S/CHNO4S.K/c2-1-6-7(3,4)5;/h(H,3,4,5);. The molecule has 0 heterocycles. The largest absolute Gasteiger partial charge is 0.456 e. The van der Waals surface area contributed by atoms with E-state index in [1.54, 1.807) is 0 Å². The third-order valence-electron chi connectivity index (χ3n) is 0.143. The van der Waals surface area contributed by atoms with Crippen LogP contribution in [0.5, 0.6) is 0 Å². The van der Waals surface area contributed by atoms with Gasteiger partial charge in [0.05, 0.1) is 0 Å². The van der Waals surface area contributed by atoms with Crippen LogP contribution in [0, 0.1) is 11.5 Å². The predicted molar refractivity (Wildman–Crippen MR) is 24.0 cm³/mol. The molecule has 0 atom stereocenters. The van der Waals surface area contributed by atoms with Crippen LogP contribution >= 0.6 is 0 Å². The van der Waals surface area contributed by atoms with Crippen molar-refractivity contribution in [2.75, 3.05) is 0 Å². The van der Waals surface area contributed by atoms with Gasteiger partial charge in [-0.1, -0.05) is 0 Å². The molecule has 0 fully saturated rings. The Morgan fingerprint density at radius 3 is 2.00 bits per heavy atom. The fourth-order valence-electron chi connectivity index (χ4n) is 0.0471. The molecular weight excluding hydrogens is 161 g/mol. The zero-order valence-corrected chi connectivity index (χ0v) is 7.97. The predicted octanol–water partition coefficient (Wildman–Crippen LogP) is -1.09. The molecule has 8 heavy (non-hydrogen) atoms. The Labute approximate surface area is 89.0 Å². The Bertz CT molecular complexity index is 177. The Balaban J connectivity index is 0. The summed E-state index contributed by atoms with van der Waals surface area (Å²) < 4.78 is 29.3. The smallest absolute Gasteiger partial charge is 0.281 e. The maximum Gasteiger partial charge on any atom is 0.456 e. The van der Waals surface area contributed by atoms with E-state index in [2.05, 4.69) is 4.18 Å². The summed E-state index contributed by atoms with van der Waals surface area (Å²) >= 11 is 0. The number of rotatable bonds is 1. The van der Waals surface area contributed by atoms with Crippen molar-refractivity contribution in [2.45, 2.75) is 0 Å². The molecule has 0 aromatic heterocycles. The minimum atomic E-state index is -4.54. The summed E-state index contributed by atoms with van der Waals surface area (Å²) in [5, 5.41) is 7.39. The summed E-state index contributed by atoms with van der Waals surface area (Å²) in [5.74, 6) is 0. The third-order valence-corrected chi connectivity index (χ3v) is 0.428. The van der Waals surface area contributed by atoms with Crippen molar-refractivity contribution in [3.8, 4) is 6.26 Å². The van der Waals surface area contributed by atoms with Gasteiger partial charge in [0.15, 0.2) is 0 Å². The molecule has 0 spiro atoms. The molecule has 0 aliphatic rings. The van der Waals surface area contributed by atoms with Gasteiger partial charge in [-0.05, 0) is 0 Å². The Morgan fingerprint density at radius 2 is 2.00 bits per heavy atom. The first kappa shape index (κ1) is 11.6. The van der Waals surface area contributed by atoms with Crippen LogP contribution in [0.15, 0.2) is 0 Å². The monoisotopic (exact) mass is 162 g/mol. The van der Waals surface area contributed by atoms with E-state index in [0.29, 0.717) is 0 Å². The summed E-state index contributed by atoms with van der Waals surface area (Å²) in [4.78, 5) is 0. The molecule has 0 rings (SSSR count). The molecule has 41 valence electrons. The second-order valence-electron chi connectivity index (χ2n) is 0.602. The van der Waals surface area contributed by atoms with Crippen LogP contribution < -0.4 is 0 Å². The van der Waals surface area contributed by atoms with Crippen molar-refractivity contribution in [3.63, 3.8) is 0 Å². The van der Waals surface area contributed by atoms with Gasteiger partial charge in [-0.3, -0.25) is 8.74 Å². The second-order valence-corrected chi connectivity index (χ2v) is 1.62. The van der Waals surface area contributed by atoms with Crippen LogP contribution in [-0.2, 0) is 14.6 Å². The van der Waals surface area contributed by atoms with Crippen LogP contribution in [0.3, 0.4) is 0 Å². The van der Waals surface area contributed by atoms with E-state index in [1.165, 1.54) is 0 Å². The zero-order valence-electron chi connectivity index (χ0n) is 4.03. The molecule has 0 bridgehead atoms. The fraction of sp³-hybridized carbons (Fsp3) is 0. The van der Waals surface area contributed by atoms with Crippen LogP contribution in [0.25, 0.3) is 0 Å². The molecule has 0 aromatic rings. The van der Waals surface area contributed by atoms with Crippen molar-refractivity contribution < 1.29 is 17.2 Å². The molecule has 1 radical (unpaired) electrons. The maximum absolute atomic E-state index is 9.34. The number of nitriles is 1. The average molecular weight is 162 g/mol. The molecule has 0 saturated carbocycles. The second kappa shape index (κ2) is 4.69. The summed E-state index contributed by atoms with van der Waals surface area (Å²) in [6, 6.07) is 0. The molecule has 1 N–H and O–H groups in total. The van der Waals surface area contributed by atoms with Crippen LogP contribution in [0.1, 0.15) is 0 Å². The first-order valence-electron chi connectivity index (χ1n) is 1.11. The van der Waals surface area contributed by atoms with E-state index in [-0.39, 0.29) is 51.4 Å². The molecule has 5 nitrogen and oxygen atoms in total. The van der Waals surface area contributed by atoms with Gasteiger partial charge in [0, 0.05) is 51.4 Å². The normalized spacial score (nSPS) is 8.50. The SMILES string of the molecule is N#COS(=O)(=O)O.[K]. The van der Waals surface area contributed by atoms with Gasteiger partial charge in [-0.25, -0.2) is 0 Å². The average Bonchev–Trinajstić information content (AvgIpc) is 1.30. The van der Waals surface area contributed by atoms with Gasteiger partial charge in [0.25, 0.3) is 0 Å². The van der Waals surface area contributed by atoms with Gasteiger partial charge in [0.1, 0.15) is 0 Å². The molecular formula is CHKNO4S. The van der Waals surface area contributed by atoms with Crippen molar-refractivity contribution in [3.05, 3.63) is 0 Å². The van der Waals surface area contributed by atoms with Crippen molar-refractivity contribution in [1.29, 1.82) is 5.26 Å². The van der Waals surface area contributed by atoms with Crippen molar-refractivity contribution >= 4 is 61.8 Å². The maximum atomic E-state index is 9.34. The topological polar surface area (TPSA) is 87.4 Å². The van der Waals surface area contributed by atoms with E-state index < -0.39 is 10.4 Å². The van der Waals surface area contributed by atoms with Crippen LogP contribution in [0.4, 0.5) is 0 Å². The quantitative estimate of drug-likeness (QED) is 0.300. The first-order chi connectivity index (χ1) is 3.06. The van der Waals surface area contributed by atoms with Gasteiger partial charge < -0.3 is 0 Å². The molecule has 0 amide bonds. The zero-order chi connectivity index (χ0) is 5.91. The van der Waals surface area contributed by atoms with E-state index in [9.17, 15) is 8.42 Å². The Morgan fingerprint density at radius 1 is 1.62 bits per heavy atom. The van der Waals surface area contributed by atoms with Crippen LogP contribution in [-0.4, -0.2) is 64.4 Å². The van der Waals surface area contributed by atoms with Gasteiger partial charge in [-0.2, -0.15) is 8.42 Å². The van der Waals surface area contributed by atoms with Gasteiger partial charge >= 0.3 is 16.7 Å². The summed E-state index contributed by atoms with van der Waals surface area (Å²) in [6.07, 6.45) is 0.770. The number of hydrogen-bond acceptors (Lipinski definition) is 4. The molecule has 0 aliphatic carbocycles. The third kappa shape index (κ3) is 9.96. The van der Waals surface area contributed by atoms with Gasteiger partial charge in [-0.15, -0.1) is 5.26 Å². The molecule has 0 aliphatic heterocycles. The van der Waals surface area contributed by atoms with Crippen LogP contribution in [0.2, 0.25) is 0 Å². The summed E-state index contributed by atoms with van der Waals surface area (Å²) in [6.45, 7) is 0. The molecule has 0 unspecified atom stereocenters. The number of nitrogens with zero attached hydrogens (tertiary/aromatic N) is 1. The molecule has 0 aromatic carbocycles. The van der Waals surface area contributed by atoms with E-state index >= 15 is 0 Å². The van der Waals surface area contributed by atoms with E-state index in [4.69, 9.17) is 9.81 Å². The number of hydrogen-bond donors (Lipinski definition) is 1. The van der Waals surface area contributed by atoms with Gasteiger partial charge in [0.2, 0.25) is 0 Å². The molecule has 7 heteroatoms. The Hall–Kier alpha value is 0.836. The van der Waals surface area contributed by atoms with Crippen molar-refractivity contribution in [1.82, 2.24) is 0 Å². The minimum Gasteiger partial charge on any atom is -0.281 e. The Kier molecular flexibility index (Phi) is 6.81. The molecule has 0 saturated heterocycles. The van der Waals surface area contributed by atoms with E-state index in [1.807, 2.05) is 0 Å². The van der Waals surface area contributed by atoms with Crippen molar-refractivity contribution in [2.24, 2.45) is 0 Å².